The fourth-order valence-electron chi connectivity index (χ4n) is 4.48. The molecule has 0 radical (unpaired) electrons. The number of anilines is 1. The van der Waals surface area contributed by atoms with Gasteiger partial charge in [0, 0.05) is 44.8 Å². The van der Waals surface area contributed by atoms with Gasteiger partial charge >= 0.3 is 12.4 Å². The summed E-state index contributed by atoms with van der Waals surface area (Å²) in [5, 5.41) is 5.08. The van der Waals surface area contributed by atoms with Gasteiger partial charge in [0.25, 0.3) is 5.56 Å². The average molecular weight is 561 g/mol. The van der Waals surface area contributed by atoms with Crippen LogP contribution in [0, 0.1) is 0 Å². The van der Waals surface area contributed by atoms with Gasteiger partial charge < -0.3 is 19.1 Å². The van der Waals surface area contributed by atoms with E-state index in [1.807, 2.05) is 5.10 Å². The Morgan fingerprint density at radius 1 is 1.13 bits per heavy atom. The van der Waals surface area contributed by atoms with Gasteiger partial charge in [-0.05, 0) is 19.8 Å². The number of aromatic amines is 1. The number of H-pyrrole nitrogens is 1. The van der Waals surface area contributed by atoms with Crippen molar-refractivity contribution in [3.8, 4) is 0 Å². The van der Waals surface area contributed by atoms with E-state index in [9.17, 15) is 35.9 Å². The minimum atomic E-state index is -4.74. The molecule has 1 saturated heterocycles. The van der Waals surface area contributed by atoms with E-state index in [0.717, 1.165) is 24.8 Å². The van der Waals surface area contributed by atoms with E-state index in [4.69, 9.17) is 4.74 Å². The van der Waals surface area contributed by atoms with Crippen LogP contribution in [0.15, 0.2) is 29.6 Å². The number of alkyl halides is 6. The largest absolute Gasteiger partial charge is 0.419 e. The maximum absolute atomic E-state index is 13.5. The second kappa shape index (κ2) is 10.8. The highest BCUT2D eigenvalue weighted by Gasteiger charge is 2.37. The van der Waals surface area contributed by atoms with E-state index >= 15 is 0 Å². The molecule has 0 saturated carbocycles. The van der Waals surface area contributed by atoms with E-state index in [1.165, 1.54) is 9.47 Å². The Morgan fingerprint density at radius 2 is 1.77 bits per heavy atom. The number of nitrogens with one attached hydrogen (secondary N) is 1. The van der Waals surface area contributed by atoms with Crippen LogP contribution in [0.4, 0.5) is 32.3 Å². The van der Waals surface area contributed by atoms with Crippen molar-refractivity contribution in [3.05, 3.63) is 46.3 Å². The molecule has 1 aliphatic rings. The molecule has 4 rings (SSSR count). The molecule has 1 amide bonds. The first-order chi connectivity index (χ1) is 18.3. The molecule has 1 N–H and O–H groups in total. The molecule has 39 heavy (non-hydrogen) atoms. The van der Waals surface area contributed by atoms with Crippen molar-refractivity contribution in [2.75, 3.05) is 38.3 Å². The van der Waals surface area contributed by atoms with Crippen LogP contribution in [0.5, 0.6) is 0 Å². The third kappa shape index (κ3) is 6.15. The molecule has 0 spiro atoms. The summed E-state index contributed by atoms with van der Waals surface area (Å²) < 4.78 is 85.3. The summed E-state index contributed by atoms with van der Waals surface area (Å²) in [6.07, 6.45) is -4.78. The summed E-state index contributed by atoms with van der Waals surface area (Å²) in [5.41, 5.74) is -2.98. The first-order valence-corrected chi connectivity index (χ1v) is 11.9. The van der Waals surface area contributed by atoms with Crippen LogP contribution in [0.25, 0.3) is 10.9 Å². The summed E-state index contributed by atoms with van der Waals surface area (Å²) in [5.74, 6) is -0.158. The monoisotopic (exact) mass is 561 g/mol. The number of likely N-dealkylation sites (N-methyl/N-ethyl adjacent to an activating group) is 1. The smallest absolute Gasteiger partial charge is 0.369 e. The Kier molecular flexibility index (Phi) is 7.86. The number of amides is 1. The Labute approximate surface area is 217 Å². The fraction of sp³-hybridized carbons (Fsp3) is 0.522. The predicted octanol–water partition coefficient (Wildman–Crippen LogP) is 3.26. The first kappa shape index (κ1) is 28.3. The second-order valence-electron chi connectivity index (χ2n) is 9.26. The molecule has 1 aliphatic heterocycles. The lowest BCUT2D eigenvalue weighted by molar-refractivity contribution is -0.138. The lowest BCUT2D eigenvalue weighted by atomic mass is 10.0. The Hall–Kier alpha value is -3.69. The van der Waals surface area contributed by atoms with E-state index in [1.54, 1.807) is 18.9 Å². The van der Waals surface area contributed by atoms with Crippen LogP contribution >= 0.6 is 0 Å². The lowest BCUT2D eigenvalue weighted by Crippen LogP contribution is -2.47. The van der Waals surface area contributed by atoms with Gasteiger partial charge in [-0.1, -0.05) is 0 Å². The minimum absolute atomic E-state index is 0.00518. The standard InChI is InChI=1S/C23H25F6N7O3/c1-13(36-10-16(23(27,28)29)19-17(36)9-32-33-20(19)38)11-39-12-18(37)34(2)15-3-5-35(6-4-15)21-30-7-14(8-31-21)22(24,25)26/h7-10,13,15H,3-6,11-12H2,1-2H3,(H,33,38). The molecule has 0 bridgehead atoms. The molecular formula is C23H25F6N7O3. The van der Waals surface area contributed by atoms with Crippen LogP contribution in [0.2, 0.25) is 0 Å². The van der Waals surface area contributed by atoms with Gasteiger partial charge in [0.15, 0.2) is 0 Å². The van der Waals surface area contributed by atoms with Gasteiger partial charge in [0.05, 0.1) is 40.9 Å². The second-order valence-corrected chi connectivity index (χ2v) is 9.26. The molecule has 1 atom stereocenters. The minimum Gasteiger partial charge on any atom is -0.369 e. The van der Waals surface area contributed by atoms with Gasteiger partial charge in [-0.2, -0.15) is 31.4 Å². The van der Waals surface area contributed by atoms with Gasteiger partial charge in [-0.25, -0.2) is 15.1 Å². The number of piperidine rings is 1. The normalized spacial score (nSPS) is 16.1. The van der Waals surface area contributed by atoms with Gasteiger partial charge in [0.1, 0.15) is 6.61 Å². The molecule has 4 heterocycles. The molecule has 212 valence electrons. The number of halogens is 6. The lowest BCUT2D eigenvalue weighted by Gasteiger charge is -2.36. The first-order valence-electron chi connectivity index (χ1n) is 11.9. The van der Waals surface area contributed by atoms with Crippen LogP contribution < -0.4 is 10.5 Å². The molecule has 3 aromatic rings. The van der Waals surface area contributed by atoms with Crippen molar-refractivity contribution >= 4 is 22.8 Å². The SMILES string of the molecule is CC(COCC(=O)N(C)C1CCN(c2ncc(C(F)(F)F)cn2)CC1)n1cc(C(F)(F)F)c2c(=O)[nH]ncc21. The summed E-state index contributed by atoms with van der Waals surface area (Å²) >= 11 is 0. The Balaban J connectivity index is 1.30. The number of fused-ring (bicyclic) bond motifs is 1. The number of carbonyl (C=O) groups is 1. The van der Waals surface area contributed by atoms with Crippen LogP contribution in [-0.2, 0) is 21.9 Å². The number of nitrogens with zero attached hydrogens (tertiary/aromatic N) is 6. The van der Waals surface area contributed by atoms with Crippen molar-refractivity contribution in [3.63, 3.8) is 0 Å². The fourth-order valence-corrected chi connectivity index (χ4v) is 4.48. The van der Waals surface area contributed by atoms with Crippen LogP contribution in [0.1, 0.15) is 36.9 Å². The third-order valence-corrected chi connectivity index (χ3v) is 6.67. The molecule has 0 aliphatic carbocycles. The van der Waals surface area contributed by atoms with Gasteiger partial charge in [-0.15, -0.1) is 0 Å². The third-order valence-electron chi connectivity index (χ3n) is 6.67. The van der Waals surface area contributed by atoms with E-state index < -0.39 is 40.5 Å². The van der Waals surface area contributed by atoms with Gasteiger partial charge in [-0.3, -0.25) is 9.59 Å². The predicted molar refractivity (Wildman–Crippen MR) is 126 cm³/mol. The average Bonchev–Trinajstić information content (AvgIpc) is 3.30. The zero-order chi connectivity index (χ0) is 28.5. The molecule has 10 nitrogen and oxygen atoms in total. The highest BCUT2D eigenvalue weighted by molar-refractivity contribution is 5.83. The number of hydrogen-bond acceptors (Lipinski definition) is 7. The van der Waals surface area contributed by atoms with Crippen LogP contribution in [0.3, 0.4) is 0 Å². The number of carbonyl (C=O) groups excluding carboxylic acids is 1. The highest BCUT2D eigenvalue weighted by atomic mass is 19.4. The molecule has 16 heteroatoms. The Morgan fingerprint density at radius 3 is 2.36 bits per heavy atom. The maximum atomic E-state index is 13.5. The summed E-state index contributed by atoms with van der Waals surface area (Å²) in [6, 6.07) is -0.790. The molecule has 1 fully saturated rings. The topological polar surface area (TPSA) is 109 Å². The van der Waals surface area contributed by atoms with Crippen LogP contribution in [-0.4, -0.2) is 74.9 Å². The maximum Gasteiger partial charge on any atom is 0.419 e. The van der Waals surface area contributed by atoms with Crippen molar-refractivity contribution in [2.45, 2.75) is 44.2 Å². The van der Waals surface area contributed by atoms with Gasteiger partial charge in [0.2, 0.25) is 11.9 Å². The van der Waals surface area contributed by atoms with E-state index in [0.29, 0.717) is 25.9 Å². The zero-order valence-electron chi connectivity index (χ0n) is 20.9. The quantitative estimate of drug-likeness (QED) is 0.441. The number of rotatable bonds is 7. The van der Waals surface area contributed by atoms with E-state index in [-0.39, 0.29) is 36.6 Å². The molecular weight excluding hydrogens is 536 g/mol. The van der Waals surface area contributed by atoms with Crippen molar-refractivity contribution < 1.29 is 35.9 Å². The molecule has 1 unspecified atom stereocenters. The molecule has 0 aromatic carbocycles. The Bertz CT molecular complexity index is 1360. The highest BCUT2D eigenvalue weighted by Crippen LogP contribution is 2.35. The number of ether oxygens (including phenoxy) is 1. The summed E-state index contributed by atoms with van der Waals surface area (Å²) in [4.78, 5) is 35.5. The summed E-state index contributed by atoms with van der Waals surface area (Å²) in [7, 11) is 1.61. The van der Waals surface area contributed by atoms with Crippen molar-refractivity contribution in [2.24, 2.45) is 0 Å². The molecule has 3 aromatic heterocycles. The number of hydrogen-bond donors (Lipinski definition) is 1. The summed E-state index contributed by atoms with van der Waals surface area (Å²) in [6.45, 7) is 2.04. The van der Waals surface area contributed by atoms with Crippen molar-refractivity contribution in [1.29, 1.82) is 0 Å². The number of aromatic nitrogens is 5. The van der Waals surface area contributed by atoms with Crippen molar-refractivity contribution in [1.82, 2.24) is 29.6 Å². The van der Waals surface area contributed by atoms with E-state index in [2.05, 4.69) is 15.1 Å². The zero-order valence-corrected chi connectivity index (χ0v) is 20.9.